The van der Waals surface area contributed by atoms with E-state index >= 15 is 0 Å². The molecule has 2 heterocycles. The van der Waals surface area contributed by atoms with E-state index in [1.54, 1.807) is 21.7 Å². The number of amides is 2. The Hall–Kier alpha value is -2.48. The van der Waals surface area contributed by atoms with Crippen molar-refractivity contribution in [3.05, 3.63) is 59.6 Å². The number of urea groups is 1. The second-order valence-corrected chi connectivity index (χ2v) is 7.60. The summed E-state index contributed by atoms with van der Waals surface area (Å²) in [5.41, 5.74) is 4.72. The maximum absolute atomic E-state index is 12.7. The number of benzene rings is 2. The van der Waals surface area contributed by atoms with E-state index < -0.39 is 0 Å². The third-order valence-corrected chi connectivity index (χ3v) is 5.66. The number of piperazine rings is 1. The van der Waals surface area contributed by atoms with Crippen LogP contribution in [0.25, 0.3) is 10.2 Å². The zero-order valence-corrected chi connectivity index (χ0v) is 15.7. The number of hydrogen-bond donors (Lipinski definition) is 2. The van der Waals surface area contributed by atoms with Gasteiger partial charge in [-0.15, -0.1) is 11.3 Å². The van der Waals surface area contributed by atoms with E-state index in [4.69, 9.17) is 0 Å². The molecule has 6 nitrogen and oxygen atoms in total. The van der Waals surface area contributed by atoms with Crippen molar-refractivity contribution in [2.24, 2.45) is 0 Å². The van der Waals surface area contributed by atoms with Crippen LogP contribution >= 0.6 is 11.3 Å². The van der Waals surface area contributed by atoms with Crippen LogP contribution < -0.4 is 5.32 Å². The number of aliphatic hydroxyl groups is 1. The summed E-state index contributed by atoms with van der Waals surface area (Å²) in [6.45, 7) is 2.81. The number of nitrogens with zero attached hydrogens (tertiary/aromatic N) is 3. The molecule has 7 heteroatoms. The van der Waals surface area contributed by atoms with Crippen molar-refractivity contribution in [2.45, 2.75) is 12.6 Å². The van der Waals surface area contributed by atoms with Crippen molar-refractivity contribution in [1.82, 2.24) is 14.8 Å². The molecule has 140 valence electrons. The molecule has 1 aliphatic rings. The predicted octanol–water partition coefficient (Wildman–Crippen LogP) is 3.01. The van der Waals surface area contributed by atoms with Gasteiger partial charge in [-0.05, 0) is 23.8 Å². The standard InChI is InChI=1S/C20H22N4O2S/c25-13-17-12-23(11-15-4-2-1-3-5-15)8-9-24(17)20(26)22-16-6-7-18-19(10-16)27-14-21-18/h1-7,10,14,17,25H,8-9,11-13H2,(H,22,26). The minimum atomic E-state index is -0.213. The lowest BCUT2D eigenvalue weighted by Crippen LogP contribution is -2.57. The average Bonchev–Trinajstić information content (AvgIpc) is 3.16. The second-order valence-electron chi connectivity index (χ2n) is 6.72. The van der Waals surface area contributed by atoms with Crippen molar-refractivity contribution < 1.29 is 9.90 Å². The molecule has 27 heavy (non-hydrogen) atoms. The quantitative estimate of drug-likeness (QED) is 0.728. The van der Waals surface area contributed by atoms with Crippen LogP contribution in [0.15, 0.2) is 54.0 Å². The van der Waals surface area contributed by atoms with E-state index in [-0.39, 0.29) is 18.7 Å². The molecule has 0 spiro atoms. The highest BCUT2D eigenvalue weighted by molar-refractivity contribution is 7.16. The maximum atomic E-state index is 12.7. The summed E-state index contributed by atoms with van der Waals surface area (Å²) in [7, 11) is 0. The fraction of sp³-hybridized carbons (Fsp3) is 0.300. The van der Waals surface area contributed by atoms with Crippen LogP contribution in [0.5, 0.6) is 0 Å². The fourth-order valence-corrected chi connectivity index (χ4v) is 4.17. The Bertz CT molecular complexity index is 915. The zero-order chi connectivity index (χ0) is 18.6. The topological polar surface area (TPSA) is 68.7 Å². The monoisotopic (exact) mass is 382 g/mol. The molecule has 0 radical (unpaired) electrons. The van der Waals surface area contributed by atoms with Gasteiger partial charge in [-0.1, -0.05) is 30.3 Å². The molecule has 4 rings (SSSR count). The van der Waals surface area contributed by atoms with Gasteiger partial charge in [-0.2, -0.15) is 0 Å². The van der Waals surface area contributed by atoms with Crippen LogP contribution in [-0.4, -0.2) is 58.2 Å². The number of carbonyl (C=O) groups is 1. The Morgan fingerprint density at radius 2 is 2.07 bits per heavy atom. The SMILES string of the molecule is O=C(Nc1ccc2ncsc2c1)N1CCN(Cc2ccccc2)CC1CO. The van der Waals surface area contributed by atoms with Crippen molar-refractivity contribution in [3.63, 3.8) is 0 Å². The van der Waals surface area contributed by atoms with Gasteiger partial charge in [0.25, 0.3) is 0 Å². The minimum Gasteiger partial charge on any atom is -0.394 e. The molecule has 2 N–H and O–H groups in total. The number of nitrogens with one attached hydrogen (secondary N) is 1. The van der Waals surface area contributed by atoms with Crippen molar-refractivity contribution >= 4 is 33.3 Å². The largest absolute Gasteiger partial charge is 0.394 e. The van der Waals surface area contributed by atoms with E-state index in [1.807, 2.05) is 36.4 Å². The molecule has 1 unspecified atom stereocenters. The Balaban J connectivity index is 1.40. The summed E-state index contributed by atoms with van der Waals surface area (Å²) in [6, 6.07) is 15.6. The zero-order valence-electron chi connectivity index (χ0n) is 14.9. The average molecular weight is 382 g/mol. The Morgan fingerprint density at radius 1 is 1.22 bits per heavy atom. The van der Waals surface area contributed by atoms with Gasteiger partial charge in [0.15, 0.2) is 0 Å². The van der Waals surface area contributed by atoms with Gasteiger partial charge in [0.1, 0.15) is 0 Å². The second kappa shape index (κ2) is 8.04. The molecule has 1 aromatic heterocycles. The summed E-state index contributed by atoms with van der Waals surface area (Å²) in [4.78, 5) is 21.0. The summed E-state index contributed by atoms with van der Waals surface area (Å²) in [5.74, 6) is 0. The lowest BCUT2D eigenvalue weighted by atomic mass is 10.1. The van der Waals surface area contributed by atoms with E-state index in [0.717, 1.165) is 29.0 Å². The first-order chi connectivity index (χ1) is 13.2. The number of thiazole rings is 1. The number of rotatable bonds is 4. The van der Waals surface area contributed by atoms with Crippen molar-refractivity contribution in [1.29, 1.82) is 0 Å². The molecule has 1 fully saturated rings. The van der Waals surface area contributed by atoms with Crippen LogP contribution in [0.1, 0.15) is 5.56 Å². The number of fused-ring (bicyclic) bond motifs is 1. The maximum Gasteiger partial charge on any atom is 0.322 e. The first-order valence-corrected chi connectivity index (χ1v) is 9.89. The van der Waals surface area contributed by atoms with Crippen LogP contribution in [0.3, 0.4) is 0 Å². The lowest BCUT2D eigenvalue weighted by molar-refractivity contribution is 0.0623. The number of hydrogen-bond acceptors (Lipinski definition) is 5. The van der Waals surface area contributed by atoms with Gasteiger partial charge in [-0.25, -0.2) is 9.78 Å². The minimum absolute atomic E-state index is 0.0490. The van der Waals surface area contributed by atoms with Gasteiger partial charge in [0.05, 0.1) is 28.4 Å². The molecule has 0 aliphatic carbocycles. The Morgan fingerprint density at radius 3 is 2.89 bits per heavy atom. The van der Waals surface area contributed by atoms with Gasteiger partial charge in [0, 0.05) is 31.9 Å². The van der Waals surface area contributed by atoms with Crippen molar-refractivity contribution in [3.8, 4) is 0 Å². The third kappa shape index (κ3) is 4.10. The molecule has 1 saturated heterocycles. The van der Waals surface area contributed by atoms with Crippen LogP contribution in [-0.2, 0) is 6.54 Å². The highest BCUT2D eigenvalue weighted by Gasteiger charge is 2.30. The highest BCUT2D eigenvalue weighted by atomic mass is 32.1. The predicted molar refractivity (Wildman–Crippen MR) is 108 cm³/mol. The summed E-state index contributed by atoms with van der Waals surface area (Å²) in [5, 5.41) is 12.8. The van der Waals surface area contributed by atoms with Crippen LogP contribution in [0.2, 0.25) is 0 Å². The van der Waals surface area contributed by atoms with E-state index in [0.29, 0.717) is 13.1 Å². The van der Waals surface area contributed by atoms with Gasteiger partial charge >= 0.3 is 6.03 Å². The van der Waals surface area contributed by atoms with Crippen LogP contribution in [0.4, 0.5) is 10.5 Å². The highest BCUT2D eigenvalue weighted by Crippen LogP contribution is 2.22. The molecule has 0 bridgehead atoms. The van der Waals surface area contributed by atoms with Gasteiger partial charge < -0.3 is 15.3 Å². The normalized spacial score (nSPS) is 18.0. The van der Waals surface area contributed by atoms with Gasteiger partial charge in [0.2, 0.25) is 0 Å². The van der Waals surface area contributed by atoms with E-state index in [2.05, 4.69) is 27.3 Å². The Labute approximate surface area is 162 Å². The number of aliphatic hydroxyl groups excluding tert-OH is 1. The molecule has 0 saturated carbocycles. The molecule has 1 atom stereocenters. The smallest absolute Gasteiger partial charge is 0.322 e. The number of anilines is 1. The summed E-state index contributed by atoms with van der Waals surface area (Å²) >= 11 is 1.55. The lowest BCUT2D eigenvalue weighted by Gasteiger charge is -2.40. The number of aromatic nitrogens is 1. The first kappa shape index (κ1) is 17.9. The molecular formula is C20H22N4O2S. The third-order valence-electron chi connectivity index (χ3n) is 4.87. The first-order valence-electron chi connectivity index (χ1n) is 9.01. The fourth-order valence-electron chi connectivity index (χ4n) is 3.46. The summed E-state index contributed by atoms with van der Waals surface area (Å²) in [6.07, 6.45) is 0. The Kier molecular flexibility index (Phi) is 5.33. The van der Waals surface area contributed by atoms with Gasteiger partial charge in [-0.3, -0.25) is 4.90 Å². The van der Waals surface area contributed by atoms with Crippen molar-refractivity contribution in [2.75, 3.05) is 31.6 Å². The summed E-state index contributed by atoms with van der Waals surface area (Å²) < 4.78 is 1.04. The van der Waals surface area contributed by atoms with E-state index in [9.17, 15) is 9.90 Å². The molecule has 3 aromatic rings. The number of carbonyl (C=O) groups excluding carboxylic acids is 1. The molecule has 2 aromatic carbocycles. The molecular weight excluding hydrogens is 360 g/mol. The van der Waals surface area contributed by atoms with E-state index in [1.165, 1.54) is 5.56 Å². The van der Waals surface area contributed by atoms with Crippen LogP contribution in [0, 0.1) is 0 Å². The molecule has 1 aliphatic heterocycles. The molecule has 2 amide bonds.